The van der Waals surface area contributed by atoms with Gasteiger partial charge in [0, 0.05) is 46.8 Å². The lowest BCUT2D eigenvalue weighted by Crippen LogP contribution is -2.40. The summed E-state index contributed by atoms with van der Waals surface area (Å²) in [5.41, 5.74) is 1.37. The van der Waals surface area contributed by atoms with E-state index in [2.05, 4.69) is 47.2 Å². The third-order valence-corrected chi connectivity index (χ3v) is 4.16. The Morgan fingerprint density at radius 3 is 2.57 bits per heavy atom. The van der Waals surface area contributed by atoms with Crippen LogP contribution in [0.25, 0.3) is 0 Å². The summed E-state index contributed by atoms with van der Waals surface area (Å²) in [6, 6.07) is 10.6. The number of benzene rings is 1. The van der Waals surface area contributed by atoms with Crippen LogP contribution in [0, 0.1) is 5.92 Å². The Bertz CT molecular complexity index is 447. The highest BCUT2D eigenvalue weighted by atomic mass is 16.2. The van der Waals surface area contributed by atoms with E-state index in [1.54, 1.807) is 4.90 Å². The van der Waals surface area contributed by atoms with Gasteiger partial charge in [0.25, 0.3) is 0 Å². The first-order valence-electron chi connectivity index (χ1n) is 7.72. The summed E-state index contributed by atoms with van der Waals surface area (Å²) < 4.78 is 0. The highest BCUT2D eigenvalue weighted by Crippen LogP contribution is 2.12. The molecule has 0 aromatic heterocycles. The van der Waals surface area contributed by atoms with Crippen LogP contribution in [0.2, 0.25) is 0 Å². The molecule has 0 bridgehead atoms. The largest absolute Gasteiger partial charge is 0.348 e. The topological polar surface area (TPSA) is 26.8 Å². The van der Waals surface area contributed by atoms with Gasteiger partial charge in [0.05, 0.1) is 5.92 Å². The zero-order valence-electron chi connectivity index (χ0n) is 13.5. The normalized spacial score (nSPS) is 21.0. The molecular weight excluding hydrogens is 262 g/mol. The maximum Gasteiger partial charge on any atom is 0.227 e. The van der Waals surface area contributed by atoms with Gasteiger partial charge in [-0.25, -0.2) is 0 Å². The summed E-state index contributed by atoms with van der Waals surface area (Å²) in [5.74, 6) is 0.330. The Hall–Kier alpha value is -1.39. The summed E-state index contributed by atoms with van der Waals surface area (Å²) >= 11 is 0. The second-order valence-electron chi connectivity index (χ2n) is 6.23. The van der Waals surface area contributed by atoms with Crippen LogP contribution in [0.4, 0.5) is 0 Å². The summed E-state index contributed by atoms with van der Waals surface area (Å²) in [5, 5.41) is 0. The number of hydrogen-bond acceptors (Lipinski definition) is 3. The zero-order chi connectivity index (χ0) is 15.2. The summed E-state index contributed by atoms with van der Waals surface area (Å²) in [6.45, 7) is 4.83. The molecule has 4 heteroatoms. The first kappa shape index (κ1) is 16.0. The van der Waals surface area contributed by atoms with Crippen LogP contribution in [0.15, 0.2) is 30.3 Å². The smallest absolute Gasteiger partial charge is 0.227 e. The molecule has 1 aliphatic rings. The molecule has 2 rings (SSSR count). The first-order valence-corrected chi connectivity index (χ1v) is 7.72. The first-order chi connectivity index (χ1) is 10.1. The molecule has 0 radical (unpaired) electrons. The van der Waals surface area contributed by atoms with Crippen molar-refractivity contribution in [2.24, 2.45) is 5.92 Å². The molecule has 116 valence electrons. The third kappa shape index (κ3) is 4.83. The van der Waals surface area contributed by atoms with Crippen LogP contribution in [0.1, 0.15) is 5.56 Å². The van der Waals surface area contributed by atoms with E-state index in [4.69, 9.17) is 0 Å². The highest BCUT2D eigenvalue weighted by molar-refractivity contribution is 5.78. The number of nitrogens with zero attached hydrogens (tertiary/aromatic N) is 3. The van der Waals surface area contributed by atoms with Gasteiger partial charge in [-0.3, -0.25) is 4.79 Å². The van der Waals surface area contributed by atoms with Crippen LogP contribution in [-0.2, 0) is 11.2 Å². The van der Waals surface area contributed by atoms with Crippen LogP contribution >= 0.6 is 0 Å². The van der Waals surface area contributed by atoms with Gasteiger partial charge in [0.15, 0.2) is 0 Å². The van der Waals surface area contributed by atoms with Crippen molar-refractivity contribution >= 4 is 5.91 Å². The zero-order valence-corrected chi connectivity index (χ0v) is 13.5. The van der Waals surface area contributed by atoms with E-state index in [0.29, 0.717) is 0 Å². The Labute approximate surface area is 128 Å². The van der Waals surface area contributed by atoms with E-state index in [0.717, 1.165) is 39.1 Å². The molecule has 1 saturated heterocycles. The molecule has 1 heterocycles. The third-order valence-electron chi connectivity index (χ3n) is 4.16. The maximum atomic E-state index is 12.3. The fourth-order valence-electron chi connectivity index (χ4n) is 2.90. The average molecular weight is 289 g/mol. The lowest BCUT2D eigenvalue weighted by molar-refractivity contribution is -0.133. The van der Waals surface area contributed by atoms with Gasteiger partial charge in [-0.05, 0) is 19.0 Å². The molecule has 0 aliphatic carbocycles. The molecule has 1 atom stereocenters. The fraction of sp³-hybridized carbons (Fsp3) is 0.588. The fourth-order valence-corrected chi connectivity index (χ4v) is 2.90. The van der Waals surface area contributed by atoms with Crippen molar-refractivity contribution in [3.8, 4) is 0 Å². The molecule has 0 unspecified atom stereocenters. The lowest BCUT2D eigenvalue weighted by Gasteiger charge is -2.25. The molecule has 0 saturated carbocycles. The van der Waals surface area contributed by atoms with Gasteiger partial charge in [-0.15, -0.1) is 0 Å². The molecule has 1 aromatic carbocycles. The van der Waals surface area contributed by atoms with Gasteiger partial charge in [-0.1, -0.05) is 30.3 Å². The van der Waals surface area contributed by atoms with Gasteiger partial charge in [-0.2, -0.15) is 0 Å². The molecule has 1 aromatic rings. The number of rotatable bonds is 4. The second-order valence-corrected chi connectivity index (χ2v) is 6.23. The second kappa shape index (κ2) is 7.57. The van der Waals surface area contributed by atoms with E-state index >= 15 is 0 Å². The SMILES string of the molecule is CN1CCN(CCc2ccccc2)C[C@H](C(=O)N(C)C)C1. The lowest BCUT2D eigenvalue weighted by atomic mass is 10.1. The van der Waals surface area contributed by atoms with Crippen molar-refractivity contribution in [2.75, 3.05) is 53.9 Å². The minimum Gasteiger partial charge on any atom is -0.348 e. The monoisotopic (exact) mass is 289 g/mol. The van der Waals surface area contributed by atoms with Crippen molar-refractivity contribution < 1.29 is 4.79 Å². The van der Waals surface area contributed by atoms with Gasteiger partial charge in [0.1, 0.15) is 0 Å². The van der Waals surface area contributed by atoms with Gasteiger partial charge in [0.2, 0.25) is 5.91 Å². The summed E-state index contributed by atoms with van der Waals surface area (Å²) in [7, 11) is 5.81. The minimum absolute atomic E-state index is 0.0864. The number of amides is 1. The Balaban J connectivity index is 1.94. The van der Waals surface area contributed by atoms with Crippen LogP contribution in [0.5, 0.6) is 0 Å². The van der Waals surface area contributed by atoms with E-state index in [9.17, 15) is 4.79 Å². The quantitative estimate of drug-likeness (QED) is 0.833. The molecule has 1 fully saturated rings. The van der Waals surface area contributed by atoms with Crippen molar-refractivity contribution in [3.05, 3.63) is 35.9 Å². The van der Waals surface area contributed by atoms with Crippen molar-refractivity contribution in [1.82, 2.24) is 14.7 Å². The van der Waals surface area contributed by atoms with E-state index in [-0.39, 0.29) is 11.8 Å². The number of carbonyl (C=O) groups excluding carboxylic acids is 1. The molecule has 0 spiro atoms. The molecular formula is C17H27N3O. The van der Waals surface area contributed by atoms with Gasteiger partial charge >= 0.3 is 0 Å². The summed E-state index contributed by atoms with van der Waals surface area (Å²) in [6.07, 6.45) is 1.05. The van der Waals surface area contributed by atoms with E-state index < -0.39 is 0 Å². The van der Waals surface area contributed by atoms with E-state index in [1.807, 2.05) is 14.1 Å². The van der Waals surface area contributed by atoms with Crippen LogP contribution in [0.3, 0.4) is 0 Å². The van der Waals surface area contributed by atoms with Crippen molar-refractivity contribution in [3.63, 3.8) is 0 Å². The minimum atomic E-state index is 0.0864. The Morgan fingerprint density at radius 1 is 1.19 bits per heavy atom. The summed E-state index contributed by atoms with van der Waals surface area (Å²) in [4.78, 5) is 18.7. The Morgan fingerprint density at radius 2 is 1.90 bits per heavy atom. The Kier molecular flexibility index (Phi) is 5.76. The predicted octanol–water partition coefficient (Wildman–Crippen LogP) is 1.18. The molecule has 0 N–H and O–H groups in total. The van der Waals surface area contributed by atoms with Gasteiger partial charge < -0.3 is 14.7 Å². The molecule has 21 heavy (non-hydrogen) atoms. The molecule has 1 aliphatic heterocycles. The van der Waals surface area contributed by atoms with Crippen molar-refractivity contribution in [1.29, 1.82) is 0 Å². The molecule has 1 amide bonds. The highest BCUT2D eigenvalue weighted by Gasteiger charge is 2.27. The average Bonchev–Trinajstić information content (AvgIpc) is 2.67. The van der Waals surface area contributed by atoms with Crippen LogP contribution < -0.4 is 0 Å². The standard InChI is InChI=1S/C17H27N3O/c1-18(2)17(21)16-13-19(3)11-12-20(14-16)10-9-15-7-5-4-6-8-15/h4-8,16H,9-14H2,1-3H3/t16-/m1/s1. The number of hydrogen-bond donors (Lipinski definition) is 0. The number of likely N-dealkylation sites (N-methyl/N-ethyl adjacent to an activating group) is 1. The molecule has 4 nitrogen and oxygen atoms in total. The number of carbonyl (C=O) groups is 1. The van der Waals surface area contributed by atoms with Crippen molar-refractivity contribution in [2.45, 2.75) is 6.42 Å². The predicted molar refractivity (Wildman–Crippen MR) is 86.3 cm³/mol. The maximum absolute atomic E-state index is 12.3. The van der Waals surface area contributed by atoms with Crippen LogP contribution in [-0.4, -0.2) is 74.5 Å². The van der Waals surface area contributed by atoms with E-state index in [1.165, 1.54) is 5.56 Å².